The van der Waals surface area contributed by atoms with Crippen LogP contribution in [0.15, 0.2) is 0 Å². The molecule has 3 atom stereocenters. The maximum absolute atomic E-state index is 12.1. The molecule has 1 saturated heterocycles. The maximum atomic E-state index is 12.1. The molecule has 1 saturated carbocycles. The van der Waals surface area contributed by atoms with Gasteiger partial charge in [-0.3, -0.25) is 9.59 Å². The van der Waals surface area contributed by atoms with E-state index in [-0.39, 0.29) is 29.9 Å². The third kappa shape index (κ3) is 1.70. The number of carbonyl (C=O) groups is 2. The third-order valence-corrected chi connectivity index (χ3v) is 4.05. The van der Waals surface area contributed by atoms with E-state index in [4.69, 9.17) is 0 Å². The Kier molecular flexibility index (Phi) is 2.91. The second kappa shape index (κ2) is 4.07. The van der Waals surface area contributed by atoms with Gasteiger partial charge in [0.15, 0.2) is 0 Å². The van der Waals surface area contributed by atoms with Crippen molar-refractivity contribution >= 4 is 11.8 Å². The average molecular weight is 224 g/mol. The van der Waals surface area contributed by atoms with E-state index in [1.807, 2.05) is 6.92 Å². The predicted octanol–water partition coefficient (Wildman–Crippen LogP) is 0.910. The van der Waals surface area contributed by atoms with Gasteiger partial charge in [0, 0.05) is 6.04 Å². The van der Waals surface area contributed by atoms with Crippen LogP contribution < -0.4 is 5.32 Å². The van der Waals surface area contributed by atoms with Gasteiger partial charge in [-0.15, -0.1) is 0 Å². The fraction of sp³-hybridized carbons (Fsp3) is 0.833. The van der Waals surface area contributed by atoms with Crippen LogP contribution in [0.3, 0.4) is 0 Å². The van der Waals surface area contributed by atoms with E-state index in [2.05, 4.69) is 12.2 Å². The standard InChI is InChI=1S/C12H20N2O2/c1-7-12(16)14(9(3)11(15)13-7)8(2)10-5-4-6-10/h7-10H,4-6H2,1-3H3,(H,13,15). The van der Waals surface area contributed by atoms with Crippen molar-refractivity contribution in [2.24, 2.45) is 5.92 Å². The molecule has 2 fully saturated rings. The molecule has 1 heterocycles. The Morgan fingerprint density at radius 2 is 1.94 bits per heavy atom. The van der Waals surface area contributed by atoms with E-state index < -0.39 is 0 Å². The van der Waals surface area contributed by atoms with Crippen molar-refractivity contribution in [1.29, 1.82) is 0 Å². The zero-order valence-electron chi connectivity index (χ0n) is 10.2. The van der Waals surface area contributed by atoms with Crippen LogP contribution in [0.5, 0.6) is 0 Å². The molecule has 0 radical (unpaired) electrons. The fourth-order valence-corrected chi connectivity index (χ4v) is 2.64. The van der Waals surface area contributed by atoms with Gasteiger partial charge in [0.25, 0.3) is 0 Å². The zero-order chi connectivity index (χ0) is 11.9. The smallest absolute Gasteiger partial charge is 0.245 e. The second-order valence-corrected chi connectivity index (χ2v) is 5.08. The lowest BCUT2D eigenvalue weighted by atomic mass is 9.79. The highest BCUT2D eigenvalue weighted by atomic mass is 16.2. The monoisotopic (exact) mass is 224 g/mol. The average Bonchev–Trinajstić information content (AvgIpc) is 2.12. The summed E-state index contributed by atoms with van der Waals surface area (Å²) in [7, 11) is 0. The Bertz CT molecular complexity index is 312. The lowest BCUT2D eigenvalue weighted by Gasteiger charge is -2.45. The first-order chi connectivity index (χ1) is 7.52. The molecule has 0 aromatic rings. The molecule has 2 rings (SSSR count). The molecule has 16 heavy (non-hydrogen) atoms. The van der Waals surface area contributed by atoms with E-state index in [0.717, 1.165) is 0 Å². The maximum Gasteiger partial charge on any atom is 0.245 e. The van der Waals surface area contributed by atoms with E-state index in [9.17, 15) is 9.59 Å². The van der Waals surface area contributed by atoms with Gasteiger partial charge in [-0.05, 0) is 39.5 Å². The summed E-state index contributed by atoms with van der Waals surface area (Å²) in [6.07, 6.45) is 3.63. The molecular weight excluding hydrogens is 204 g/mol. The van der Waals surface area contributed by atoms with Crippen molar-refractivity contribution < 1.29 is 9.59 Å². The number of hydrogen-bond acceptors (Lipinski definition) is 2. The van der Waals surface area contributed by atoms with Crippen molar-refractivity contribution in [2.75, 3.05) is 0 Å². The number of piperazine rings is 1. The number of rotatable bonds is 2. The van der Waals surface area contributed by atoms with Crippen molar-refractivity contribution in [1.82, 2.24) is 10.2 Å². The number of nitrogens with zero attached hydrogens (tertiary/aromatic N) is 1. The Labute approximate surface area is 96.4 Å². The van der Waals surface area contributed by atoms with Gasteiger partial charge in [0.1, 0.15) is 12.1 Å². The van der Waals surface area contributed by atoms with Gasteiger partial charge in [-0.25, -0.2) is 0 Å². The van der Waals surface area contributed by atoms with Crippen molar-refractivity contribution in [3.05, 3.63) is 0 Å². The fourth-order valence-electron chi connectivity index (χ4n) is 2.64. The van der Waals surface area contributed by atoms with Crippen LogP contribution in [-0.4, -0.2) is 34.8 Å². The van der Waals surface area contributed by atoms with Crippen LogP contribution in [0.25, 0.3) is 0 Å². The van der Waals surface area contributed by atoms with E-state index in [0.29, 0.717) is 5.92 Å². The summed E-state index contributed by atoms with van der Waals surface area (Å²) in [5, 5.41) is 2.71. The zero-order valence-corrected chi connectivity index (χ0v) is 10.2. The normalized spacial score (nSPS) is 33.3. The molecule has 3 unspecified atom stereocenters. The van der Waals surface area contributed by atoms with E-state index in [1.54, 1.807) is 11.8 Å². The highest BCUT2D eigenvalue weighted by Gasteiger charge is 2.41. The summed E-state index contributed by atoms with van der Waals surface area (Å²) in [4.78, 5) is 25.6. The summed E-state index contributed by atoms with van der Waals surface area (Å²) in [6.45, 7) is 5.64. The molecule has 4 nitrogen and oxygen atoms in total. The topological polar surface area (TPSA) is 49.4 Å². The first-order valence-electron chi connectivity index (χ1n) is 6.15. The molecule has 0 aromatic heterocycles. The van der Waals surface area contributed by atoms with Crippen LogP contribution in [0.4, 0.5) is 0 Å². The minimum Gasteiger partial charge on any atom is -0.343 e. The molecule has 4 heteroatoms. The van der Waals surface area contributed by atoms with Crippen LogP contribution in [0.2, 0.25) is 0 Å². The molecular formula is C12H20N2O2. The highest BCUT2D eigenvalue weighted by Crippen LogP contribution is 2.33. The SMILES string of the molecule is CC1NC(=O)C(C)N(C(C)C2CCC2)C1=O. The van der Waals surface area contributed by atoms with Gasteiger partial charge in [0.2, 0.25) is 11.8 Å². The van der Waals surface area contributed by atoms with E-state index in [1.165, 1.54) is 19.3 Å². The Balaban J connectivity index is 2.14. The number of hydrogen-bond donors (Lipinski definition) is 1. The van der Waals surface area contributed by atoms with Crippen LogP contribution in [-0.2, 0) is 9.59 Å². The molecule has 1 aliphatic carbocycles. The van der Waals surface area contributed by atoms with Crippen LogP contribution >= 0.6 is 0 Å². The van der Waals surface area contributed by atoms with Crippen LogP contribution in [0, 0.1) is 5.92 Å². The van der Waals surface area contributed by atoms with Gasteiger partial charge < -0.3 is 10.2 Å². The summed E-state index contributed by atoms with van der Waals surface area (Å²) >= 11 is 0. The quantitative estimate of drug-likeness (QED) is 0.758. The molecule has 0 spiro atoms. The van der Waals surface area contributed by atoms with Gasteiger partial charge in [-0.1, -0.05) is 6.42 Å². The second-order valence-electron chi connectivity index (χ2n) is 5.08. The Hall–Kier alpha value is -1.06. The number of carbonyl (C=O) groups excluding carboxylic acids is 2. The summed E-state index contributed by atoms with van der Waals surface area (Å²) < 4.78 is 0. The highest BCUT2D eigenvalue weighted by molar-refractivity contribution is 5.96. The summed E-state index contributed by atoms with van der Waals surface area (Å²) in [6, 6.07) is -0.490. The molecule has 0 bridgehead atoms. The molecule has 2 aliphatic rings. The summed E-state index contributed by atoms with van der Waals surface area (Å²) in [5.74, 6) is 0.620. The number of amides is 2. The molecule has 1 aliphatic heterocycles. The molecule has 2 amide bonds. The predicted molar refractivity (Wildman–Crippen MR) is 60.7 cm³/mol. The lowest BCUT2D eigenvalue weighted by Crippen LogP contribution is -2.64. The summed E-state index contributed by atoms with van der Waals surface area (Å²) in [5.41, 5.74) is 0. The minimum absolute atomic E-state index is 0.0294. The van der Waals surface area contributed by atoms with Crippen LogP contribution in [0.1, 0.15) is 40.0 Å². The van der Waals surface area contributed by atoms with Gasteiger partial charge in [0.05, 0.1) is 0 Å². The van der Waals surface area contributed by atoms with Crippen molar-refractivity contribution in [3.63, 3.8) is 0 Å². The molecule has 0 aromatic carbocycles. The van der Waals surface area contributed by atoms with Gasteiger partial charge >= 0.3 is 0 Å². The number of nitrogens with one attached hydrogen (secondary N) is 1. The Morgan fingerprint density at radius 3 is 2.44 bits per heavy atom. The van der Waals surface area contributed by atoms with Crippen molar-refractivity contribution in [2.45, 2.75) is 58.2 Å². The molecule has 1 N–H and O–H groups in total. The Morgan fingerprint density at radius 1 is 1.31 bits per heavy atom. The largest absolute Gasteiger partial charge is 0.343 e. The molecule has 90 valence electrons. The third-order valence-electron chi connectivity index (χ3n) is 4.05. The van der Waals surface area contributed by atoms with E-state index >= 15 is 0 Å². The van der Waals surface area contributed by atoms with Gasteiger partial charge in [-0.2, -0.15) is 0 Å². The minimum atomic E-state index is -0.369. The van der Waals surface area contributed by atoms with Crippen molar-refractivity contribution in [3.8, 4) is 0 Å². The lowest BCUT2D eigenvalue weighted by molar-refractivity contribution is -0.152. The first kappa shape index (κ1) is 11.4. The first-order valence-corrected chi connectivity index (χ1v) is 6.15.